The van der Waals surface area contributed by atoms with E-state index in [0.717, 1.165) is 12.7 Å². The second-order valence-corrected chi connectivity index (χ2v) is 7.19. The van der Waals surface area contributed by atoms with E-state index >= 15 is 0 Å². The number of aromatic hydroxyl groups is 1. The number of nitrogens with one attached hydrogen (secondary N) is 1. The van der Waals surface area contributed by atoms with Crippen molar-refractivity contribution in [3.8, 4) is 17.2 Å². The summed E-state index contributed by atoms with van der Waals surface area (Å²) >= 11 is 4.23. The molecule has 126 valence electrons. The molecule has 0 aliphatic rings. The molecule has 8 heteroatoms. The molecule has 0 saturated heterocycles. The molecule has 6 nitrogen and oxygen atoms in total. The maximum Gasteiger partial charge on any atom is 0.326 e. The van der Waals surface area contributed by atoms with E-state index in [2.05, 4.69) is 50.5 Å². The van der Waals surface area contributed by atoms with Gasteiger partial charge in [-0.2, -0.15) is 0 Å². The van der Waals surface area contributed by atoms with Crippen molar-refractivity contribution in [2.24, 2.45) is 0 Å². The normalized spacial score (nSPS) is 11.6. The summed E-state index contributed by atoms with van der Waals surface area (Å²) in [5.74, 6) is 0.310. The Morgan fingerprint density at radius 3 is 2.29 bits per heavy atom. The third-order valence-corrected chi connectivity index (χ3v) is 4.72. The van der Waals surface area contributed by atoms with E-state index in [1.54, 1.807) is 12.1 Å². The molecule has 0 fully saturated rings. The number of carbonyl (C=O) groups excluding carboxylic acids is 1. The molecule has 1 amide bonds. The van der Waals surface area contributed by atoms with Gasteiger partial charge in [0.1, 0.15) is 17.5 Å². The highest BCUT2D eigenvalue weighted by atomic mass is 127. The van der Waals surface area contributed by atoms with Gasteiger partial charge in [-0.15, -0.1) is 0 Å². The Bertz CT molecular complexity index is 726. The summed E-state index contributed by atoms with van der Waals surface area (Å²) in [5.41, 5.74) is 0.781. The van der Waals surface area contributed by atoms with Gasteiger partial charge >= 0.3 is 5.97 Å². The molecule has 3 N–H and O–H groups in total. The van der Waals surface area contributed by atoms with Crippen LogP contribution < -0.4 is 10.1 Å². The van der Waals surface area contributed by atoms with E-state index in [0.29, 0.717) is 17.9 Å². The van der Waals surface area contributed by atoms with Gasteiger partial charge < -0.3 is 20.3 Å². The van der Waals surface area contributed by atoms with Crippen LogP contribution in [0.2, 0.25) is 0 Å². The van der Waals surface area contributed by atoms with Gasteiger partial charge in [0.25, 0.3) is 0 Å². The number of amides is 1. The monoisotopic (exact) mass is 553 g/mol. The summed E-state index contributed by atoms with van der Waals surface area (Å²) in [7, 11) is 0. The van der Waals surface area contributed by atoms with E-state index in [9.17, 15) is 14.7 Å². The largest absolute Gasteiger partial charge is 0.508 e. The Balaban J connectivity index is 2.22. The molecule has 2 aromatic carbocycles. The van der Waals surface area contributed by atoms with Gasteiger partial charge in [0.05, 0.1) is 7.14 Å². The molecule has 1 atom stereocenters. The first-order chi connectivity index (χ1) is 11.4. The molecule has 0 unspecified atom stereocenters. The summed E-state index contributed by atoms with van der Waals surface area (Å²) in [6, 6.07) is 9.05. The lowest BCUT2D eigenvalue weighted by Gasteiger charge is -2.15. The molecule has 0 radical (unpaired) electrons. The number of benzene rings is 2. The minimum Gasteiger partial charge on any atom is -0.508 e. The van der Waals surface area contributed by atoms with Crippen LogP contribution in [0.5, 0.6) is 17.2 Å². The van der Waals surface area contributed by atoms with Gasteiger partial charge in [0.2, 0.25) is 6.41 Å². The van der Waals surface area contributed by atoms with Crippen molar-refractivity contribution in [2.45, 2.75) is 12.5 Å². The van der Waals surface area contributed by atoms with Crippen molar-refractivity contribution in [3.63, 3.8) is 0 Å². The van der Waals surface area contributed by atoms with Gasteiger partial charge in [-0.05, 0) is 87.1 Å². The molecular weight excluding hydrogens is 540 g/mol. The fourth-order valence-corrected chi connectivity index (χ4v) is 4.11. The molecule has 0 saturated carbocycles. The number of carboxylic acids is 1. The summed E-state index contributed by atoms with van der Waals surface area (Å²) in [6.07, 6.45) is 0.566. The van der Waals surface area contributed by atoms with Crippen molar-refractivity contribution < 1.29 is 24.5 Å². The topological polar surface area (TPSA) is 95.9 Å². The number of aliphatic carboxylic acids is 1. The minimum absolute atomic E-state index is 0.157. The van der Waals surface area contributed by atoms with E-state index < -0.39 is 12.0 Å². The highest BCUT2D eigenvalue weighted by Gasteiger charge is 2.19. The lowest BCUT2D eigenvalue weighted by Crippen LogP contribution is -2.37. The average Bonchev–Trinajstić information content (AvgIpc) is 2.52. The van der Waals surface area contributed by atoms with Crippen LogP contribution in [-0.2, 0) is 16.0 Å². The molecular formula is C16H13I2NO5. The number of phenols is 1. The number of rotatable bonds is 7. The maximum absolute atomic E-state index is 11.1. The fourth-order valence-electron chi connectivity index (χ4n) is 2.00. The third kappa shape index (κ3) is 4.97. The molecule has 24 heavy (non-hydrogen) atoms. The summed E-state index contributed by atoms with van der Waals surface area (Å²) < 4.78 is 7.47. The first-order valence-electron chi connectivity index (χ1n) is 6.78. The van der Waals surface area contributed by atoms with E-state index in [1.807, 2.05) is 12.1 Å². The smallest absolute Gasteiger partial charge is 0.326 e. The molecule has 0 aromatic heterocycles. The Morgan fingerprint density at radius 1 is 1.21 bits per heavy atom. The average molecular weight is 553 g/mol. The van der Waals surface area contributed by atoms with Crippen LogP contribution in [-0.4, -0.2) is 28.6 Å². The molecule has 0 bridgehead atoms. The highest BCUT2D eigenvalue weighted by Crippen LogP contribution is 2.33. The van der Waals surface area contributed by atoms with E-state index in [1.165, 1.54) is 12.1 Å². The lowest BCUT2D eigenvalue weighted by atomic mass is 10.1. The number of phenolic OH excluding ortho intramolecular Hbond substituents is 1. The molecule has 0 aliphatic heterocycles. The molecule has 0 aliphatic carbocycles. The first kappa shape index (κ1) is 18.8. The predicted molar refractivity (Wildman–Crippen MR) is 104 cm³/mol. The van der Waals surface area contributed by atoms with Crippen LogP contribution in [0.3, 0.4) is 0 Å². The van der Waals surface area contributed by atoms with Crippen molar-refractivity contribution in [1.82, 2.24) is 5.32 Å². The standard InChI is InChI=1S/C16H13I2NO5/c17-12-5-9(7-14(16(22)23)19-8-20)6-13(18)15(12)24-11-3-1-10(21)2-4-11/h1-6,8,14,21H,7H2,(H,19,20)(H,22,23)/t14-/m1/s1. The lowest BCUT2D eigenvalue weighted by molar-refractivity contribution is -0.140. The number of carboxylic acid groups (broad SMARTS) is 1. The van der Waals surface area contributed by atoms with Crippen LogP contribution in [0.25, 0.3) is 0 Å². The van der Waals surface area contributed by atoms with Crippen molar-refractivity contribution >= 4 is 57.6 Å². The maximum atomic E-state index is 11.1. The van der Waals surface area contributed by atoms with Crippen molar-refractivity contribution in [3.05, 3.63) is 49.1 Å². The van der Waals surface area contributed by atoms with Crippen LogP contribution in [0.1, 0.15) is 5.56 Å². The molecule has 2 rings (SSSR count). The van der Waals surface area contributed by atoms with Gasteiger partial charge in [-0.25, -0.2) is 4.79 Å². The first-order valence-corrected chi connectivity index (χ1v) is 8.93. The summed E-state index contributed by atoms with van der Waals surface area (Å²) in [6.45, 7) is 0. The quantitative estimate of drug-likeness (QED) is 0.362. The number of hydrogen-bond donors (Lipinski definition) is 3. The Hall–Kier alpha value is -1.56. The fraction of sp³-hybridized carbons (Fsp3) is 0.125. The molecule has 2 aromatic rings. The van der Waals surface area contributed by atoms with Crippen LogP contribution >= 0.6 is 45.2 Å². The van der Waals surface area contributed by atoms with Crippen LogP contribution in [0.4, 0.5) is 0 Å². The summed E-state index contributed by atoms with van der Waals surface area (Å²) in [4.78, 5) is 21.6. The Labute approximate surface area is 165 Å². The zero-order chi connectivity index (χ0) is 17.7. The van der Waals surface area contributed by atoms with E-state index in [-0.39, 0.29) is 12.2 Å². The number of halogens is 2. The van der Waals surface area contributed by atoms with Crippen molar-refractivity contribution in [2.75, 3.05) is 0 Å². The van der Waals surface area contributed by atoms with Gasteiger partial charge in [-0.1, -0.05) is 0 Å². The van der Waals surface area contributed by atoms with Gasteiger partial charge in [0.15, 0.2) is 5.75 Å². The second-order valence-electron chi connectivity index (χ2n) is 4.86. The Morgan fingerprint density at radius 2 is 1.79 bits per heavy atom. The third-order valence-electron chi connectivity index (χ3n) is 3.12. The number of hydrogen-bond acceptors (Lipinski definition) is 4. The van der Waals surface area contributed by atoms with Gasteiger partial charge in [-0.3, -0.25) is 4.79 Å². The second kappa shape index (κ2) is 8.51. The Kier molecular flexibility index (Phi) is 6.66. The SMILES string of the molecule is O=CN[C@H](Cc1cc(I)c(Oc2ccc(O)cc2)c(I)c1)C(=O)O. The van der Waals surface area contributed by atoms with Gasteiger partial charge in [0, 0.05) is 6.42 Å². The molecule has 0 heterocycles. The zero-order valence-corrected chi connectivity index (χ0v) is 16.5. The minimum atomic E-state index is -1.09. The van der Waals surface area contributed by atoms with E-state index in [4.69, 9.17) is 9.84 Å². The zero-order valence-electron chi connectivity index (χ0n) is 12.2. The highest BCUT2D eigenvalue weighted by molar-refractivity contribution is 14.1. The van der Waals surface area contributed by atoms with Crippen LogP contribution in [0, 0.1) is 7.14 Å². The van der Waals surface area contributed by atoms with Crippen molar-refractivity contribution in [1.29, 1.82) is 0 Å². The predicted octanol–water partition coefficient (Wildman–Crippen LogP) is 3.14. The van der Waals surface area contributed by atoms with Crippen LogP contribution in [0.15, 0.2) is 36.4 Å². The number of ether oxygens (including phenoxy) is 1. The summed E-state index contributed by atoms with van der Waals surface area (Å²) in [5, 5.41) is 20.7. The molecule has 0 spiro atoms. The number of carbonyl (C=O) groups is 2.